The summed E-state index contributed by atoms with van der Waals surface area (Å²) >= 11 is 0. The zero-order valence-electron chi connectivity index (χ0n) is 14.9. The normalized spacial score (nSPS) is 14.6. The van der Waals surface area contributed by atoms with E-state index >= 15 is 0 Å². The summed E-state index contributed by atoms with van der Waals surface area (Å²) in [6.07, 6.45) is 0. The number of para-hydroxylation sites is 1. The van der Waals surface area contributed by atoms with Gasteiger partial charge in [-0.3, -0.25) is 4.79 Å². The van der Waals surface area contributed by atoms with E-state index in [0.717, 1.165) is 54.0 Å². The number of aromatic amines is 1. The molecule has 1 aliphatic rings. The average Bonchev–Trinajstić information content (AvgIpc) is 3.03. The molecule has 2 N–H and O–H groups in total. The number of anilines is 1. The van der Waals surface area contributed by atoms with Gasteiger partial charge < -0.3 is 19.9 Å². The molecular formula is C21H23N3O2. The molecule has 2 heterocycles. The van der Waals surface area contributed by atoms with Gasteiger partial charge in [-0.1, -0.05) is 30.3 Å². The molecule has 0 saturated carbocycles. The number of aromatic nitrogens is 1. The molecule has 0 atom stereocenters. The van der Waals surface area contributed by atoms with Crippen LogP contribution in [0.15, 0.2) is 48.5 Å². The summed E-state index contributed by atoms with van der Waals surface area (Å²) in [4.78, 5) is 18.3. The molecule has 5 heteroatoms. The van der Waals surface area contributed by atoms with E-state index in [2.05, 4.69) is 39.5 Å². The molecule has 0 radical (unpaired) electrons. The molecular weight excluding hydrogens is 326 g/mol. The van der Waals surface area contributed by atoms with E-state index < -0.39 is 0 Å². The van der Waals surface area contributed by atoms with E-state index in [-0.39, 0.29) is 5.91 Å². The number of nitrogens with zero attached hydrogens (tertiary/aromatic N) is 1. The first-order chi connectivity index (χ1) is 12.7. The Labute approximate surface area is 153 Å². The van der Waals surface area contributed by atoms with E-state index in [4.69, 9.17) is 4.74 Å². The standard InChI is InChI=1S/C21H23N3O2/c1-15-20(18-4-2-3-5-19(18)23-15)21(25)22-14-16-6-8-17(9-7-16)24-10-12-26-13-11-24/h2-9,23H,10-14H2,1H3,(H,22,25). The summed E-state index contributed by atoms with van der Waals surface area (Å²) in [7, 11) is 0. The molecule has 1 aromatic heterocycles. The Morgan fingerprint density at radius 1 is 1.12 bits per heavy atom. The van der Waals surface area contributed by atoms with Gasteiger partial charge in [0.15, 0.2) is 0 Å². The number of carbonyl (C=O) groups excluding carboxylic acids is 1. The average molecular weight is 349 g/mol. The number of rotatable bonds is 4. The number of carbonyl (C=O) groups is 1. The van der Waals surface area contributed by atoms with Crippen molar-refractivity contribution in [2.75, 3.05) is 31.2 Å². The van der Waals surface area contributed by atoms with E-state index in [1.165, 1.54) is 5.69 Å². The monoisotopic (exact) mass is 349 g/mol. The third-order valence-corrected chi connectivity index (χ3v) is 4.89. The lowest BCUT2D eigenvalue weighted by Crippen LogP contribution is -2.36. The van der Waals surface area contributed by atoms with Crippen molar-refractivity contribution in [3.05, 3.63) is 65.4 Å². The third-order valence-electron chi connectivity index (χ3n) is 4.89. The highest BCUT2D eigenvalue weighted by Gasteiger charge is 2.15. The summed E-state index contributed by atoms with van der Waals surface area (Å²) in [6, 6.07) is 16.3. The Morgan fingerprint density at radius 2 is 1.85 bits per heavy atom. The van der Waals surface area contributed by atoms with Crippen molar-refractivity contribution in [2.45, 2.75) is 13.5 Å². The Balaban J connectivity index is 1.43. The van der Waals surface area contributed by atoms with Gasteiger partial charge in [-0.05, 0) is 30.7 Å². The number of ether oxygens (including phenoxy) is 1. The maximum absolute atomic E-state index is 12.7. The van der Waals surface area contributed by atoms with Crippen LogP contribution in [0.3, 0.4) is 0 Å². The number of amides is 1. The lowest BCUT2D eigenvalue weighted by molar-refractivity contribution is 0.0952. The third kappa shape index (κ3) is 3.30. The quantitative estimate of drug-likeness (QED) is 0.760. The first-order valence-electron chi connectivity index (χ1n) is 8.99. The van der Waals surface area contributed by atoms with E-state index in [1.54, 1.807) is 0 Å². The molecule has 1 fully saturated rings. The van der Waals surface area contributed by atoms with Crippen LogP contribution >= 0.6 is 0 Å². The second-order valence-electron chi connectivity index (χ2n) is 6.62. The maximum Gasteiger partial charge on any atom is 0.253 e. The molecule has 2 aromatic carbocycles. The fourth-order valence-corrected chi connectivity index (χ4v) is 3.49. The van der Waals surface area contributed by atoms with Gasteiger partial charge in [-0.2, -0.15) is 0 Å². The lowest BCUT2D eigenvalue weighted by Gasteiger charge is -2.28. The number of aryl methyl sites for hydroxylation is 1. The minimum Gasteiger partial charge on any atom is -0.378 e. The van der Waals surface area contributed by atoms with Crippen LogP contribution in [0, 0.1) is 6.92 Å². The maximum atomic E-state index is 12.7. The summed E-state index contributed by atoms with van der Waals surface area (Å²) < 4.78 is 5.39. The van der Waals surface area contributed by atoms with Crippen LogP contribution in [0.5, 0.6) is 0 Å². The van der Waals surface area contributed by atoms with Crippen molar-refractivity contribution >= 4 is 22.5 Å². The molecule has 1 aliphatic heterocycles. The van der Waals surface area contributed by atoms with Crippen LogP contribution < -0.4 is 10.2 Å². The number of hydrogen-bond donors (Lipinski definition) is 2. The van der Waals surface area contributed by atoms with Crippen molar-refractivity contribution in [1.82, 2.24) is 10.3 Å². The van der Waals surface area contributed by atoms with Crippen molar-refractivity contribution in [3.8, 4) is 0 Å². The van der Waals surface area contributed by atoms with Crippen molar-refractivity contribution in [3.63, 3.8) is 0 Å². The molecule has 5 nitrogen and oxygen atoms in total. The Morgan fingerprint density at radius 3 is 2.62 bits per heavy atom. The second-order valence-corrected chi connectivity index (χ2v) is 6.62. The summed E-state index contributed by atoms with van der Waals surface area (Å²) in [5.41, 5.74) is 4.91. The largest absolute Gasteiger partial charge is 0.378 e. The fourth-order valence-electron chi connectivity index (χ4n) is 3.49. The molecule has 4 rings (SSSR count). The molecule has 1 amide bonds. The van der Waals surface area contributed by atoms with Crippen molar-refractivity contribution in [2.24, 2.45) is 0 Å². The smallest absolute Gasteiger partial charge is 0.253 e. The SMILES string of the molecule is Cc1[nH]c2ccccc2c1C(=O)NCc1ccc(N2CCOCC2)cc1. The predicted octanol–water partition coefficient (Wildman–Crippen LogP) is 3.24. The molecule has 0 bridgehead atoms. The number of H-pyrrole nitrogens is 1. The van der Waals surface area contributed by atoms with E-state index in [1.807, 2.05) is 31.2 Å². The van der Waals surface area contributed by atoms with Crippen LogP contribution in [0.25, 0.3) is 10.9 Å². The molecule has 134 valence electrons. The topological polar surface area (TPSA) is 57.4 Å². The lowest BCUT2D eigenvalue weighted by atomic mass is 10.1. The molecule has 1 saturated heterocycles. The van der Waals surface area contributed by atoms with Crippen LogP contribution in [0.4, 0.5) is 5.69 Å². The van der Waals surface area contributed by atoms with Gasteiger partial charge >= 0.3 is 0 Å². The number of benzene rings is 2. The van der Waals surface area contributed by atoms with Crippen molar-refractivity contribution < 1.29 is 9.53 Å². The highest BCUT2D eigenvalue weighted by molar-refractivity contribution is 6.08. The minimum absolute atomic E-state index is 0.0443. The zero-order valence-corrected chi connectivity index (χ0v) is 14.9. The highest BCUT2D eigenvalue weighted by atomic mass is 16.5. The first kappa shape index (κ1) is 16.7. The number of fused-ring (bicyclic) bond motifs is 1. The number of hydrogen-bond acceptors (Lipinski definition) is 3. The fraction of sp³-hybridized carbons (Fsp3) is 0.286. The Bertz CT molecular complexity index is 909. The minimum atomic E-state index is -0.0443. The van der Waals surface area contributed by atoms with E-state index in [9.17, 15) is 4.79 Å². The summed E-state index contributed by atoms with van der Waals surface area (Å²) in [5.74, 6) is -0.0443. The highest BCUT2D eigenvalue weighted by Crippen LogP contribution is 2.22. The molecule has 3 aromatic rings. The van der Waals surface area contributed by atoms with Gasteiger partial charge in [-0.15, -0.1) is 0 Å². The van der Waals surface area contributed by atoms with Crippen LogP contribution in [-0.4, -0.2) is 37.2 Å². The van der Waals surface area contributed by atoms with Gasteiger partial charge in [0.25, 0.3) is 5.91 Å². The van der Waals surface area contributed by atoms with Gasteiger partial charge in [0.1, 0.15) is 0 Å². The molecule has 26 heavy (non-hydrogen) atoms. The number of nitrogens with one attached hydrogen (secondary N) is 2. The predicted molar refractivity (Wildman–Crippen MR) is 104 cm³/mol. The molecule has 0 spiro atoms. The second kappa shape index (κ2) is 7.22. The summed E-state index contributed by atoms with van der Waals surface area (Å²) in [6.45, 7) is 5.86. The van der Waals surface area contributed by atoms with Crippen molar-refractivity contribution in [1.29, 1.82) is 0 Å². The van der Waals surface area contributed by atoms with Gasteiger partial charge in [0.05, 0.1) is 18.8 Å². The van der Waals surface area contributed by atoms with Crippen LogP contribution in [0.1, 0.15) is 21.6 Å². The van der Waals surface area contributed by atoms with Crippen LogP contribution in [-0.2, 0) is 11.3 Å². The van der Waals surface area contributed by atoms with Gasteiger partial charge in [0.2, 0.25) is 0 Å². The first-order valence-corrected chi connectivity index (χ1v) is 8.99. The molecule has 0 unspecified atom stereocenters. The van der Waals surface area contributed by atoms with Gasteiger partial charge in [-0.25, -0.2) is 0 Å². The molecule has 0 aliphatic carbocycles. The number of morpholine rings is 1. The Kier molecular flexibility index (Phi) is 4.63. The summed E-state index contributed by atoms with van der Waals surface area (Å²) in [5, 5.41) is 4.00. The van der Waals surface area contributed by atoms with E-state index in [0.29, 0.717) is 6.54 Å². The zero-order chi connectivity index (χ0) is 17.9. The van der Waals surface area contributed by atoms with Gasteiger partial charge in [0, 0.05) is 41.9 Å². The Hall–Kier alpha value is -2.79. The van der Waals surface area contributed by atoms with Crippen LogP contribution in [0.2, 0.25) is 0 Å².